The summed E-state index contributed by atoms with van der Waals surface area (Å²) in [5, 5.41) is 9.17. The van der Waals surface area contributed by atoms with Crippen LogP contribution in [-0.2, 0) is 9.53 Å². The molecule has 1 fully saturated rings. The number of carbonyl (C=O) groups is 2. The first kappa shape index (κ1) is 20.8. The smallest absolute Gasteiger partial charge is 0.319 e. The Balaban J connectivity index is 2.00. The molecule has 1 aliphatic rings. The Morgan fingerprint density at radius 3 is 2.62 bits per heavy atom. The van der Waals surface area contributed by atoms with E-state index in [9.17, 15) is 9.59 Å². The van der Waals surface area contributed by atoms with Crippen LogP contribution in [0.15, 0.2) is 18.2 Å². The summed E-state index contributed by atoms with van der Waals surface area (Å²) in [7, 11) is 1.61. The first-order chi connectivity index (χ1) is 12.3. The highest BCUT2D eigenvalue weighted by Crippen LogP contribution is 2.30. The number of hydrogen-bond acceptors (Lipinski definition) is 3. The maximum Gasteiger partial charge on any atom is 0.319 e. The van der Waals surface area contributed by atoms with Gasteiger partial charge in [0.2, 0.25) is 5.91 Å². The number of amides is 3. The van der Waals surface area contributed by atoms with E-state index in [1.165, 1.54) is 0 Å². The predicted octanol–water partition coefficient (Wildman–Crippen LogP) is 3.82. The van der Waals surface area contributed by atoms with E-state index in [1.54, 1.807) is 25.3 Å². The summed E-state index contributed by atoms with van der Waals surface area (Å²) in [5.74, 6) is -0.136. The number of methoxy groups -OCH3 is 1. The van der Waals surface area contributed by atoms with Crippen molar-refractivity contribution in [3.8, 4) is 0 Å². The van der Waals surface area contributed by atoms with E-state index in [-0.39, 0.29) is 35.0 Å². The molecule has 3 N–H and O–H groups in total. The monoisotopic (exact) mass is 401 g/mol. The number of halogens is 2. The van der Waals surface area contributed by atoms with Gasteiger partial charge in [-0.25, -0.2) is 4.79 Å². The van der Waals surface area contributed by atoms with Crippen LogP contribution >= 0.6 is 23.2 Å². The Bertz CT molecular complexity index is 655. The third kappa shape index (κ3) is 5.50. The maximum absolute atomic E-state index is 12.4. The molecule has 0 aliphatic heterocycles. The number of urea groups is 1. The molecule has 144 valence electrons. The van der Waals surface area contributed by atoms with E-state index in [0.29, 0.717) is 23.6 Å². The zero-order valence-electron chi connectivity index (χ0n) is 15.1. The van der Waals surface area contributed by atoms with E-state index < -0.39 is 6.03 Å². The van der Waals surface area contributed by atoms with Crippen LogP contribution < -0.4 is 16.0 Å². The second kappa shape index (κ2) is 9.44. The van der Waals surface area contributed by atoms with Crippen LogP contribution in [0.25, 0.3) is 0 Å². The zero-order valence-corrected chi connectivity index (χ0v) is 16.7. The Morgan fingerprint density at radius 2 is 1.96 bits per heavy atom. The molecule has 8 heteroatoms. The van der Waals surface area contributed by atoms with Gasteiger partial charge in [-0.1, -0.05) is 29.3 Å². The number of nitrogens with one attached hydrogen (secondary N) is 3. The molecular weight excluding hydrogens is 377 g/mol. The van der Waals surface area contributed by atoms with Crippen LogP contribution in [0.4, 0.5) is 10.5 Å². The highest BCUT2D eigenvalue weighted by molar-refractivity contribution is 6.43. The molecule has 0 saturated heterocycles. The van der Waals surface area contributed by atoms with Gasteiger partial charge in [-0.15, -0.1) is 0 Å². The highest BCUT2D eigenvalue weighted by atomic mass is 35.5. The fourth-order valence-corrected chi connectivity index (χ4v) is 3.49. The van der Waals surface area contributed by atoms with Crippen molar-refractivity contribution in [2.75, 3.05) is 12.4 Å². The van der Waals surface area contributed by atoms with Crippen molar-refractivity contribution in [3.05, 3.63) is 28.2 Å². The van der Waals surface area contributed by atoms with Gasteiger partial charge in [0.1, 0.15) is 0 Å². The molecule has 0 bridgehead atoms. The molecule has 3 atom stereocenters. The van der Waals surface area contributed by atoms with Gasteiger partial charge in [0, 0.05) is 19.1 Å². The molecule has 26 heavy (non-hydrogen) atoms. The third-order valence-corrected chi connectivity index (χ3v) is 5.23. The standard InChI is InChI=1S/C18H25Cl2N3O3/c1-10(2)21-17(24)11-7-8-15(26-3)14(9-11)23-18(25)22-13-6-4-5-12(19)16(13)20/h4-6,10-11,14-15H,7-9H2,1-3H3,(H,21,24)(H2,22,23,25)/t11-,14+,15+/m0/s1. The van der Waals surface area contributed by atoms with Crippen LogP contribution in [0, 0.1) is 5.92 Å². The highest BCUT2D eigenvalue weighted by Gasteiger charge is 2.35. The first-order valence-corrected chi connectivity index (χ1v) is 9.42. The summed E-state index contributed by atoms with van der Waals surface area (Å²) in [6, 6.07) is 4.42. The second-order valence-electron chi connectivity index (χ2n) is 6.75. The van der Waals surface area contributed by atoms with E-state index in [1.807, 2.05) is 13.8 Å². The molecule has 0 spiro atoms. The number of hydrogen-bond donors (Lipinski definition) is 3. The van der Waals surface area contributed by atoms with Crippen LogP contribution in [0.3, 0.4) is 0 Å². The van der Waals surface area contributed by atoms with Crippen LogP contribution in [0.2, 0.25) is 10.0 Å². The van der Waals surface area contributed by atoms with Crippen molar-refractivity contribution in [3.63, 3.8) is 0 Å². The van der Waals surface area contributed by atoms with E-state index in [4.69, 9.17) is 27.9 Å². The van der Waals surface area contributed by atoms with Crippen molar-refractivity contribution in [2.45, 2.75) is 51.3 Å². The van der Waals surface area contributed by atoms with Crippen molar-refractivity contribution in [2.24, 2.45) is 5.92 Å². The average Bonchev–Trinajstić information content (AvgIpc) is 2.58. The van der Waals surface area contributed by atoms with Gasteiger partial charge in [0.05, 0.1) is 27.9 Å². The SMILES string of the molecule is CO[C@@H]1CC[C@H](C(=O)NC(C)C)C[C@H]1NC(=O)Nc1cccc(Cl)c1Cl. The summed E-state index contributed by atoms with van der Waals surface area (Å²) in [5.41, 5.74) is 0.426. The van der Waals surface area contributed by atoms with Crippen molar-refractivity contribution >= 4 is 40.8 Å². The fourth-order valence-electron chi connectivity index (χ4n) is 3.14. The minimum absolute atomic E-state index is 0.0136. The van der Waals surface area contributed by atoms with Gasteiger partial charge in [0.25, 0.3) is 0 Å². The van der Waals surface area contributed by atoms with E-state index in [2.05, 4.69) is 16.0 Å². The number of rotatable bonds is 5. The number of ether oxygens (including phenoxy) is 1. The molecule has 6 nitrogen and oxygen atoms in total. The van der Waals surface area contributed by atoms with Gasteiger partial charge < -0.3 is 20.7 Å². The number of benzene rings is 1. The first-order valence-electron chi connectivity index (χ1n) is 8.66. The summed E-state index contributed by atoms with van der Waals surface area (Å²) in [6.07, 6.45) is 1.82. The van der Waals surface area contributed by atoms with Crippen LogP contribution in [-0.4, -0.2) is 37.2 Å². The molecule has 0 radical (unpaired) electrons. The minimum Gasteiger partial charge on any atom is -0.379 e. The van der Waals surface area contributed by atoms with Gasteiger partial charge in [0.15, 0.2) is 0 Å². The molecule has 1 aromatic carbocycles. The predicted molar refractivity (Wildman–Crippen MR) is 104 cm³/mol. The Kier molecular flexibility index (Phi) is 7.55. The Morgan fingerprint density at radius 1 is 1.23 bits per heavy atom. The second-order valence-corrected chi connectivity index (χ2v) is 7.54. The number of carbonyl (C=O) groups excluding carboxylic acids is 2. The lowest BCUT2D eigenvalue weighted by molar-refractivity contribution is -0.127. The lowest BCUT2D eigenvalue weighted by atomic mass is 9.83. The van der Waals surface area contributed by atoms with Gasteiger partial charge >= 0.3 is 6.03 Å². The average molecular weight is 402 g/mol. The zero-order chi connectivity index (χ0) is 19.3. The van der Waals surface area contributed by atoms with E-state index >= 15 is 0 Å². The molecular formula is C18H25Cl2N3O3. The van der Waals surface area contributed by atoms with E-state index in [0.717, 1.165) is 6.42 Å². The molecule has 1 saturated carbocycles. The van der Waals surface area contributed by atoms with Gasteiger partial charge in [-0.2, -0.15) is 0 Å². The Labute approximate surface area is 163 Å². The lowest BCUT2D eigenvalue weighted by Crippen LogP contribution is -2.51. The maximum atomic E-state index is 12.4. The largest absolute Gasteiger partial charge is 0.379 e. The summed E-state index contributed by atoms with van der Waals surface area (Å²) in [6.45, 7) is 3.85. The Hall–Kier alpha value is -1.50. The fraction of sp³-hybridized carbons (Fsp3) is 0.556. The normalized spacial score (nSPS) is 22.8. The molecule has 3 amide bonds. The number of anilines is 1. The van der Waals surface area contributed by atoms with Crippen LogP contribution in [0.5, 0.6) is 0 Å². The van der Waals surface area contributed by atoms with Crippen LogP contribution in [0.1, 0.15) is 33.1 Å². The molecule has 0 heterocycles. The third-order valence-electron chi connectivity index (χ3n) is 4.41. The quantitative estimate of drug-likeness (QED) is 0.701. The molecule has 0 unspecified atom stereocenters. The summed E-state index contributed by atoms with van der Waals surface area (Å²) in [4.78, 5) is 24.7. The molecule has 0 aromatic heterocycles. The summed E-state index contributed by atoms with van der Waals surface area (Å²) < 4.78 is 5.49. The molecule has 1 aromatic rings. The van der Waals surface area contributed by atoms with Gasteiger partial charge in [-0.05, 0) is 45.2 Å². The van der Waals surface area contributed by atoms with Crippen molar-refractivity contribution in [1.29, 1.82) is 0 Å². The van der Waals surface area contributed by atoms with Crippen molar-refractivity contribution < 1.29 is 14.3 Å². The minimum atomic E-state index is -0.411. The topological polar surface area (TPSA) is 79.5 Å². The lowest BCUT2D eigenvalue weighted by Gasteiger charge is -2.35. The van der Waals surface area contributed by atoms with Gasteiger partial charge in [-0.3, -0.25) is 4.79 Å². The molecule has 2 rings (SSSR count). The summed E-state index contributed by atoms with van der Waals surface area (Å²) >= 11 is 12.1. The van der Waals surface area contributed by atoms with Crippen molar-refractivity contribution in [1.82, 2.24) is 10.6 Å². The molecule has 1 aliphatic carbocycles.